The lowest BCUT2D eigenvalue weighted by Gasteiger charge is -2.10. The van der Waals surface area contributed by atoms with Crippen LogP contribution in [0.25, 0.3) is 0 Å². The van der Waals surface area contributed by atoms with Crippen molar-refractivity contribution in [3.63, 3.8) is 0 Å². The number of hydrogen-bond acceptors (Lipinski definition) is 5. The highest BCUT2D eigenvalue weighted by molar-refractivity contribution is 5.29. The molecule has 2 aromatic rings. The van der Waals surface area contributed by atoms with Crippen molar-refractivity contribution >= 4 is 0 Å². The number of rotatable bonds is 6. The van der Waals surface area contributed by atoms with E-state index in [0.717, 1.165) is 23.6 Å². The van der Waals surface area contributed by atoms with Crippen LogP contribution in [0.3, 0.4) is 0 Å². The molecule has 1 aromatic carbocycles. The van der Waals surface area contributed by atoms with Crippen LogP contribution in [0.1, 0.15) is 55.4 Å². The highest BCUT2D eigenvalue weighted by Crippen LogP contribution is 2.38. The second-order valence-electron chi connectivity index (χ2n) is 5.19. The van der Waals surface area contributed by atoms with Crippen molar-refractivity contribution in [3.8, 4) is 5.75 Å². The summed E-state index contributed by atoms with van der Waals surface area (Å²) < 4.78 is 10.8. The largest absolute Gasteiger partial charge is 0.484 e. The molecule has 20 heavy (non-hydrogen) atoms. The maximum atomic E-state index is 5.97. The van der Waals surface area contributed by atoms with Gasteiger partial charge in [0.15, 0.2) is 12.4 Å². The highest BCUT2D eigenvalue weighted by atomic mass is 16.5. The van der Waals surface area contributed by atoms with Gasteiger partial charge in [-0.2, -0.15) is 4.98 Å². The Bertz CT molecular complexity index is 561. The summed E-state index contributed by atoms with van der Waals surface area (Å²) in [7, 11) is 0. The van der Waals surface area contributed by atoms with Gasteiger partial charge < -0.3 is 15.0 Å². The summed E-state index contributed by atoms with van der Waals surface area (Å²) in [5.74, 6) is 2.62. The first-order chi connectivity index (χ1) is 9.76. The fraction of sp³-hybridized carbons (Fsp3) is 0.467. The molecule has 1 heterocycles. The second kappa shape index (κ2) is 5.63. The van der Waals surface area contributed by atoms with E-state index in [0.29, 0.717) is 18.4 Å². The predicted octanol–water partition coefficient (Wildman–Crippen LogP) is 2.94. The minimum absolute atomic E-state index is 0.0843. The van der Waals surface area contributed by atoms with E-state index in [1.807, 2.05) is 24.3 Å². The molecule has 0 saturated heterocycles. The Kier molecular flexibility index (Phi) is 3.69. The molecule has 0 aliphatic heterocycles. The van der Waals surface area contributed by atoms with E-state index in [1.165, 1.54) is 12.8 Å². The lowest BCUT2D eigenvalue weighted by Crippen LogP contribution is -2.08. The Morgan fingerprint density at radius 3 is 2.75 bits per heavy atom. The maximum Gasteiger partial charge on any atom is 0.264 e. The molecule has 0 radical (unpaired) electrons. The molecule has 0 spiro atoms. The van der Waals surface area contributed by atoms with E-state index in [4.69, 9.17) is 15.0 Å². The Morgan fingerprint density at radius 2 is 2.10 bits per heavy atom. The molecule has 5 heteroatoms. The molecular formula is C15H19N3O2. The first-order valence-corrected chi connectivity index (χ1v) is 7.07. The van der Waals surface area contributed by atoms with Crippen molar-refractivity contribution in [2.45, 2.75) is 44.8 Å². The zero-order valence-electron chi connectivity index (χ0n) is 11.6. The van der Waals surface area contributed by atoms with Crippen LogP contribution in [0.15, 0.2) is 28.8 Å². The SMILES string of the molecule is CC[C@H](N)c1ccc(OCc2nc(C3CC3)no2)cc1. The average molecular weight is 273 g/mol. The lowest BCUT2D eigenvalue weighted by molar-refractivity contribution is 0.242. The number of ether oxygens (including phenoxy) is 1. The molecule has 106 valence electrons. The smallest absolute Gasteiger partial charge is 0.264 e. The molecular weight excluding hydrogens is 254 g/mol. The molecule has 0 amide bonds. The standard InChI is InChI=1S/C15H19N3O2/c1-2-13(16)10-5-7-12(8-6-10)19-9-14-17-15(18-20-14)11-3-4-11/h5-8,11,13H,2-4,9,16H2,1H3/t13-/m0/s1. The maximum absolute atomic E-state index is 5.97. The van der Waals surface area contributed by atoms with E-state index in [1.54, 1.807) is 0 Å². The molecule has 1 aliphatic carbocycles. The normalized spacial score (nSPS) is 16.1. The number of nitrogens with zero attached hydrogens (tertiary/aromatic N) is 2. The first kappa shape index (κ1) is 13.1. The topological polar surface area (TPSA) is 74.2 Å². The minimum atomic E-state index is 0.0843. The van der Waals surface area contributed by atoms with Gasteiger partial charge in [0.1, 0.15) is 5.75 Å². The summed E-state index contributed by atoms with van der Waals surface area (Å²) in [4.78, 5) is 4.32. The van der Waals surface area contributed by atoms with Gasteiger partial charge in [0.25, 0.3) is 5.89 Å². The van der Waals surface area contributed by atoms with Crippen LogP contribution in [-0.4, -0.2) is 10.1 Å². The fourth-order valence-electron chi connectivity index (χ4n) is 2.03. The third kappa shape index (κ3) is 2.99. The Morgan fingerprint density at radius 1 is 1.35 bits per heavy atom. The van der Waals surface area contributed by atoms with E-state index in [-0.39, 0.29) is 6.04 Å². The fourth-order valence-corrected chi connectivity index (χ4v) is 2.03. The van der Waals surface area contributed by atoms with Crippen LogP contribution < -0.4 is 10.5 Å². The number of benzene rings is 1. The molecule has 2 N–H and O–H groups in total. The summed E-state index contributed by atoms with van der Waals surface area (Å²) in [5.41, 5.74) is 7.09. The minimum Gasteiger partial charge on any atom is -0.484 e. The monoisotopic (exact) mass is 273 g/mol. The molecule has 1 aromatic heterocycles. The van der Waals surface area contributed by atoms with Gasteiger partial charge >= 0.3 is 0 Å². The van der Waals surface area contributed by atoms with Gasteiger partial charge in [-0.1, -0.05) is 24.2 Å². The Labute approximate surface area is 118 Å². The molecule has 3 rings (SSSR count). The zero-order valence-corrected chi connectivity index (χ0v) is 11.6. The van der Waals surface area contributed by atoms with Gasteiger partial charge in [-0.15, -0.1) is 0 Å². The molecule has 0 unspecified atom stereocenters. The summed E-state index contributed by atoms with van der Waals surface area (Å²) in [6.07, 6.45) is 3.25. The van der Waals surface area contributed by atoms with Crippen molar-refractivity contribution < 1.29 is 9.26 Å². The van der Waals surface area contributed by atoms with Crippen molar-refractivity contribution in [2.75, 3.05) is 0 Å². The molecule has 1 atom stereocenters. The third-order valence-electron chi connectivity index (χ3n) is 3.54. The van der Waals surface area contributed by atoms with Crippen LogP contribution in [-0.2, 0) is 6.61 Å². The van der Waals surface area contributed by atoms with Crippen molar-refractivity contribution in [1.82, 2.24) is 10.1 Å². The second-order valence-corrected chi connectivity index (χ2v) is 5.19. The molecule has 1 aliphatic rings. The summed E-state index contributed by atoms with van der Waals surface area (Å²) in [6, 6.07) is 7.91. The van der Waals surface area contributed by atoms with Gasteiger partial charge in [-0.3, -0.25) is 0 Å². The molecule has 5 nitrogen and oxygen atoms in total. The van der Waals surface area contributed by atoms with Crippen molar-refractivity contribution in [3.05, 3.63) is 41.5 Å². The van der Waals surface area contributed by atoms with Crippen molar-refractivity contribution in [1.29, 1.82) is 0 Å². The van der Waals surface area contributed by atoms with Crippen LogP contribution in [0.5, 0.6) is 5.75 Å². The van der Waals surface area contributed by atoms with Crippen LogP contribution in [0.2, 0.25) is 0 Å². The average Bonchev–Trinajstić information content (AvgIpc) is 3.24. The van der Waals surface area contributed by atoms with Crippen LogP contribution >= 0.6 is 0 Å². The summed E-state index contributed by atoms with van der Waals surface area (Å²) in [6.45, 7) is 2.38. The van der Waals surface area contributed by atoms with Gasteiger partial charge in [-0.05, 0) is 37.0 Å². The van der Waals surface area contributed by atoms with E-state index >= 15 is 0 Å². The quantitative estimate of drug-likeness (QED) is 0.875. The first-order valence-electron chi connectivity index (χ1n) is 7.07. The lowest BCUT2D eigenvalue weighted by atomic mass is 10.1. The van der Waals surface area contributed by atoms with Gasteiger partial charge in [0.2, 0.25) is 0 Å². The van der Waals surface area contributed by atoms with E-state index in [2.05, 4.69) is 17.1 Å². The Hall–Kier alpha value is -1.88. The zero-order chi connectivity index (χ0) is 13.9. The number of hydrogen-bond donors (Lipinski definition) is 1. The van der Waals surface area contributed by atoms with Gasteiger partial charge in [-0.25, -0.2) is 0 Å². The Balaban J connectivity index is 1.57. The third-order valence-corrected chi connectivity index (χ3v) is 3.54. The molecule has 1 saturated carbocycles. The summed E-state index contributed by atoms with van der Waals surface area (Å²) >= 11 is 0. The van der Waals surface area contributed by atoms with Gasteiger partial charge in [0.05, 0.1) is 0 Å². The molecule has 1 fully saturated rings. The summed E-state index contributed by atoms with van der Waals surface area (Å²) in [5, 5.41) is 3.96. The highest BCUT2D eigenvalue weighted by Gasteiger charge is 2.28. The van der Waals surface area contributed by atoms with Crippen LogP contribution in [0.4, 0.5) is 0 Å². The van der Waals surface area contributed by atoms with Crippen LogP contribution in [0, 0.1) is 0 Å². The van der Waals surface area contributed by atoms with Gasteiger partial charge in [0, 0.05) is 12.0 Å². The van der Waals surface area contributed by atoms with E-state index in [9.17, 15) is 0 Å². The predicted molar refractivity (Wildman–Crippen MR) is 74.3 cm³/mol. The van der Waals surface area contributed by atoms with E-state index < -0.39 is 0 Å². The number of nitrogens with two attached hydrogens (primary N) is 1. The number of aromatic nitrogens is 2. The van der Waals surface area contributed by atoms with Crippen molar-refractivity contribution in [2.24, 2.45) is 5.73 Å². The molecule has 0 bridgehead atoms.